The topological polar surface area (TPSA) is 54.3 Å². The minimum atomic E-state index is 0.0555. The molecule has 1 atom stereocenters. The molecule has 2 heterocycles. The van der Waals surface area contributed by atoms with Crippen LogP contribution in [0.25, 0.3) is 5.69 Å². The van der Waals surface area contributed by atoms with Crippen molar-refractivity contribution in [2.75, 3.05) is 13.1 Å². The molecule has 2 aromatic rings. The predicted octanol–water partition coefficient (Wildman–Crippen LogP) is 2.54. The number of piperidine rings is 1. The van der Waals surface area contributed by atoms with E-state index in [1.165, 1.54) is 0 Å². The molecule has 5 heteroatoms. The first-order valence-electron chi connectivity index (χ1n) is 8.95. The van der Waals surface area contributed by atoms with Gasteiger partial charge in [0.15, 0.2) is 0 Å². The Morgan fingerprint density at radius 2 is 1.88 bits per heavy atom. The molecular formula is C20H25N3O2. The lowest BCUT2D eigenvalue weighted by atomic mass is 10.0. The maximum absolute atomic E-state index is 12.6. The second-order valence-corrected chi connectivity index (χ2v) is 6.53. The fraction of sp³-hybridized carbons (Fsp3) is 0.400. The lowest BCUT2D eigenvalue weighted by Gasteiger charge is -2.33. The smallest absolute Gasteiger partial charge is 0.227 e. The van der Waals surface area contributed by atoms with E-state index in [1.807, 2.05) is 65.2 Å². The SMILES string of the molecule is CCC(=O)N[C@H]1CCCN(C(=O)Cc2ccc(-n3cccc3)cc2)C1. The van der Waals surface area contributed by atoms with Crippen LogP contribution >= 0.6 is 0 Å². The predicted molar refractivity (Wildman–Crippen MR) is 97.5 cm³/mol. The molecule has 1 saturated heterocycles. The number of benzene rings is 1. The third-order valence-electron chi connectivity index (χ3n) is 4.65. The second-order valence-electron chi connectivity index (χ2n) is 6.53. The standard InChI is InChI=1S/C20H25N3O2/c1-2-19(24)21-17-6-5-13-23(15-17)20(25)14-16-7-9-18(10-8-16)22-11-3-4-12-22/h3-4,7-12,17H,2,5-6,13-15H2,1H3,(H,21,24)/t17-/m0/s1. The molecule has 132 valence electrons. The van der Waals surface area contributed by atoms with Crippen molar-refractivity contribution in [1.82, 2.24) is 14.8 Å². The molecule has 0 saturated carbocycles. The van der Waals surface area contributed by atoms with Crippen LogP contribution in [-0.2, 0) is 16.0 Å². The number of nitrogens with zero attached hydrogens (tertiary/aromatic N) is 2. The molecular weight excluding hydrogens is 314 g/mol. The third-order valence-corrected chi connectivity index (χ3v) is 4.65. The largest absolute Gasteiger partial charge is 0.352 e. The van der Waals surface area contributed by atoms with E-state index in [2.05, 4.69) is 5.32 Å². The summed E-state index contributed by atoms with van der Waals surface area (Å²) in [5.74, 6) is 0.184. The number of nitrogens with one attached hydrogen (secondary N) is 1. The van der Waals surface area contributed by atoms with E-state index in [-0.39, 0.29) is 17.9 Å². The molecule has 1 aliphatic rings. The van der Waals surface area contributed by atoms with Gasteiger partial charge in [0.05, 0.1) is 6.42 Å². The molecule has 0 spiro atoms. The molecule has 25 heavy (non-hydrogen) atoms. The molecule has 5 nitrogen and oxygen atoms in total. The second kappa shape index (κ2) is 8.01. The van der Waals surface area contributed by atoms with Gasteiger partial charge in [-0.25, -0.2) is 0 Å². The summed E-state index contributed by atoms with van der Waals surface area (Å²) < 4.78 is 2.04. The maximum Gasteiger partial charge on any atom is 0.227 e. The molecule has 3 rings (SSSR count). The van der Waals surface area contributed by atoms with Gasteiger partial charge in [0, 0.05) is 43.6 Å². The van der Waals surface area contributed by atoms with E-state index in [0.29, 0.717) is 19.4 Å². The average Bonchev–Trinajstić information content (AvgIpc) is 3.17. The minimum Gasteiger partial charge on any atom is -0.352 e. The number of carbonyl (C=O) groups excluding carboxylic acids is 2. The van der Waals surface area contributed by atoms with Gasteiger partial charge in [0.25, 0.3) is 0 Å². The van der Waals surface area contributed by atoms with Crippen LogP contribution in [0.5, 0.6) is 0 Å². The van der Waals surface area contributed by atoms with Crippen molar-refractivity contribution in [2.45, 2.75) is 38.6 Å². The van der Waals surface area contributed by atoms with E-state index in [9.17, 15) is 9.59 Å². The Hall–Kier alpha value is -2.56. The summed E-state index contributed by atoms with van der Waals surface area (Å²) in [4.78, 5) is 26.0. The Balaban J connectivity index is 1.57. The molecule has 0 radical (unpaired) electrons. The van der Waals surface area contributed by atoms with Gasteiger partial charge in [0.1, 0.15) is 0 Å². The van der Waals surface area contributed by atoms with Crippen molar-refractivity contribution >= 4 is 11.8 Å². The van der Waals surface area contributed by atoms with Gasteiger partial charge in [-0.05, 0) is 42.7 Å². The van der Waals surface area contributed by atoms with Crippen LogP contribution in [0.2, 0.25) is 0 Å². The van der Waals surface area contributed by atoms with E-state index < -0.39 is 0 Å². The molecule has 1 aromatic carbocycles. The average molecular weight is 339 g/mol. The van der Waals surface area contributed by atoms with E-state index in [1.54, 1.807) is 0 Å². The number of aromatic nitrogens is 1. The molecule has 1 fully saturated rings. The number of rotatable bonds is 5. The number of hydrogen-bond acceptors (Lipinski definition) is 2. The first-order chi connectivity index (χ1) is 12.2. The molecule has 1 aliphatic heterocycles. The van der Waals surface area contributed by atoms with E-state index >= 15 is 0 Å². The van der Waals surface area contributed by atoms with Crippen LogP contribution in [-0.4, -0.2) is 40.4 Å². The normalized spacial score (nSPS) is 17.3. The van der Waals surface area contributed by atoms with Crippen LogP contribution in [0.3, 0.4) is 0 Å². The molecule has 2 amide bonds. The van der Waals surface area contributed by atoms with Gasteiger partial charge in [0.2, 0.25) is 11.8 Å². The zero-order valence-electron chi connectivity index (χ0n) is 14.6. The molecule has 0 unspecified atom stereocenters. The van der Waals surface area contributed by atoms with Gasteiger partial charge >= 0.3 is 0 Å². The van der Waals surface area contributed by atoms with Crippen molar-refractivity contribution in [3.63, 3.8) is 0 Å². The maximum atomic E-state index is 12.6. The summed E-state index contributed by atoms with van der Waals surface area (Å²) in [6.07, 6.45) is 6.77. The summed E-state index contributed by atoms with van der Waals surface area (Å²) in [7, 11) is 0. The highest BCUT2D eigenvalue weighted by molar-refractivity contribution is 5.79. The van der Waals surface area contributed by atoms with Gasteiger partial charge in [-0.2, -0.15) is 0 Å². The van der Waals surface area contributed by atoms with E-state index in [0.717, 1.165) is 30.6 Å². The fourth-order valence-electron chi connectivity index (χ4n) is 3.23. The number of amides is 2. The number of likely N-dealkylation sites (tertiary alicyclic amines) is 1. The molecule has 1 N–H and O–H groups in total. The van der Waals surface area contributed by atoms with Gasteiger partial charge < -0.3 is 14.8 Å². The van der Waals surface area contributed by atoms with Crippen molar-refractivity contribution in [3.8, 4) is 5.69 Å². The number of carbonyl (C=O) groups is 2. The van der Waals surface area contributed by atoms with Crippen molar-refractivity contribution in [3.05, 3.63) is 54.4 Å². The Bertz CT molecular complexity index is 707. The highest BCUT2D eigenvalue weighted by Crippen LogP contribution is 2.14. The minimum absolute atomic E-state index is 0.0555. The van der Waals surface area contributed by atoms with Crippen LogP contribution < -0.4 is 5.32 Å². The summed E-state index contributed by atoms with van der Waals surface area (Å²) in [6.45, 7) is 3.24. The lowest BCUT2D eigenvalue weighted by Crippen LogP contribution is -2.49. The summed E-state index contributed by atoms with van der Waals surface area (Å²) in [6, 6.07) is 12.1. The van der Waals surface area contributed by atoms with Crippen molar-refractivity contribution < 1.29 is 9.59 Å². The molecule has 0 bridgehead atoms. The Morgan fingerprint density at radius 3 is 2.56 bits per heavy atom. The lowest BCUT2D eigenvalue weighted by molar-refractivity contribution is -0.133. The third kappa shape index (κ3) is 4.50. The summed E-state index contributed by atoms with van der Waals surface area (Å²) in [5, 5.41) is 3.00. The first kappa shape index (κ1) is 17.3. The highest BCUT2D eigenvalue weighted by Gasteiger charge is 2.24. The Labute approximate surface area is 148 Å². The van der Waals surface area contributed by atoms with Gasteiger partial charge in [-0.3, -0.25) is 9.59 Å². The van der Waals surface area contributed by atoms with Crippen molar-refractivity contribution in [2.24, 2.45) is 0 Å². The zero-order chi connectivity index (χ0) is 17.6. The number of hydrogen-bond donors (Lipinski definition) is 1. The van der Waals surface area contributed by atoms with Crippen molar-refractivity contribution in [1.29, 1.82) is 0 Å². The van der Waals surface area contributed by atoms with Gasteiger partial charge in [-0.15, -0.1) is 0 Å². The first-order valence-corrected chi connectivity index (χ1v) is 8.95. The summed E-state index contributed by atoms with van der Waals surface area (Å²) in [5.41, 5.74) is 2.10. The van der Waals surface area contributed by atoms with E-state index in [4.69, 9.17) is 0 Å². The molecule has 1 aromatic heterocycles. The van der Waals surface area contributed by atoms with Crippen LogP contribution in [0.4, 0.5) is 0 Å². The van der Waals surface area contributed by atoms with Crippen LogP contribution in [0.1, 0.15) is 31.7 Å². The zero-order valence-corrected chi connectivity index (χ0v) is 14.6. The summed E-state index contributed by atoms with van der Waals surface area (Å²) >= 11 is 0. The Morgan fingerprint density at radius 1 is 1.16 bits per heavy atom. The monoisotopic (exact) mass is 339 g/mol. The quantitative estimate of drug-likeness (QED) is 0.910. The highest BCUT2D eigenvalue weighted by atomic mass is 16.2. The van der Waals surface area contributed by atoms with Crippen LogP contribution in [0.15, 0.2) is 48.8 Å². The van der Waals surface area contributed by atoms with Crippen LogP contribution in [0, 0.1) is 0 Å². The Kier molecular flexibility index (Phi) is 5.53. The fourth-order valence-corrected chi connectivity index (χ4v) is 3.23. The van der Waals surface area contributed by atoms with Gasteiger partial charge in [-0.1, -0.05) is 19.1 Å². The molecule has 0 aliphatic carbocycles.